The first-order valence-corrected chi connectivity index (χ1v) is 9.91. The van der Waals surface area contributed by atoms with Crippen LogP contribution >= 0.6 is 0 Å². The molecule has 2 nitrogen and oxygen atoms in total. The Kier molecular flexibility index (Phi) is 3.39. The van der Waals surface area contributed by atoms with Crippen LogP contribution in [0.5, 0.6) is 0 Å². The molecule has 0 spiro atoms. The number of carbonyl (C=O) groups excluding carboxylic acids is 1. The Morgan fingerprint density at radius 2 is 1.65 bits per heavy atom. The van der Waals surface area contributed by atoms with E-state index in [0.29, 0.717) is 17.1 Å². The molecule has 0 aromatic carbocycles. The molecule has 0 radical (unpaired) electrons. The van der Waals surface area contributed by atoms with Crippen LogP contribution in [0, 0.1) is 39.9 Å². The van der Waals surface area contributed by atoms with Crippen molar-refractivity contribution in [3.8, 4) is 0 Å². The fourth-order valence-electron chi connectivity index (χ4n) is 7.86. The van der Waals surface area contributed by atoms with Crippen LogP contribution in [-0.2, 0) is 4.79 Å². The van der Waals surface area contributed by atoms with E-state index in [2.05, 4.69) is 20.8 Å². The number of fused-ring (bicyclic) bond motifs is 5. The lowest BCUT2D eigenvalue weighted by atomic mass is 9.51. The van der Waals surface area contributed by atoms with Crippen LogP contribution in [0.15, 0.2) is 0 Å². The molecule has 0 bridgehead atoms. The van der Waals surface area contributed by atoms with Gasteiger partial charge in [0.1, 0.15) is 5.78 Å². The number of Topliss-reactive ketones (excluding diaryl/α,β-unsaturated/α-hetero) is 1. The minimum absolute atomic E-state index is 0.0642. The molecule has 130 valence electrons. The molecule has 4 aliphatic rings. The van der Waals surface area contributed by atoms with Crippen LogP contribution in [0.1, 0.15) is 79.1 Å². The van der Waals surface area contributed by atoms with E-state index < -0.39 is 0 Å². The number of ketones is 1. The molecule has 23 heavy (non-hydrogen) atoms. The lowest BCUT2D eigenvalue weighted by molar-refractivity contribution is -0.136. The number of carbonyl (C=O) groups is 1. The molecule has 4 fully saturated rings. The number of aliphatic hydroxyl groups is 1. The Morgan fingerprint density at radius 1 is 0.957 bits per heavy atom. The first-order chi connectivity index (χ1) is 10.7. The predicted molar refractivity (Wildman–Crippen MR) is 91.9 cm³/mol. The summed E-state index contributed by atoms with van der Waals surface area (Å²) in [5, 5.41) is 10.2. The van der Waals surface area contributed by atoms with Gasteiger partial charge in [0.2, 0.25) is 0 Å². The second-order valence-corrected chi connectivity index (χ2v) is 10.1. The molecule has 0 aromatic rings. The van der Waals surface area contributed by atoms with Gasteiger partial charge in [-0.3, -0.25) is 4.79 Å². The molecule has 6 unspecified atom stereocenters. The summed E-state index contributed by atoms with van der Waals surface area (Å²) in [6, 6.07) is 0. The first kappa shape index (κ1) is 16.1. The Hall–Kier alpha value is -0.370. The summed E-state index contributed by atoms with van der Waals surface area (Å²) in [6.07, 6.45) is 9.38. The summed E-state index contributed by atoms with van der Waals surface area (Å²) >= 11 is 0. The van der Waals surface area contributed by atoms with Gasteiger partial charge < -0.3 is 5.11 Å². The standard InChI is InChI=1S/C21H34O2/c1-13(22)20(3)9-7-18-16-12-14-11-15(23)5-8-19(14,2)17(16)6-10-21(18,20)4/h14-18,23H,5-12H2,1-4H3/t14?,15?,16?,17?,18?,19?,20-,21+/m1/s1. The second kappa shape index (κ2) is 4.84. The minimum Gasteiger partial charge on any atom is -0.393 e. The van der Waals surface area contributed by atoms with E-state index in [1.54, 1.807) is 0 Å². The number of rotatable bonds is 1. The Morgan fingerprint density at radius 3 is 2.35 bits per heavy atom. The summed E-state index contributed by atoms with van der Waals surface area (Å²) in [5.41, 5.74) is 0.569. The molecule has 1 N–H and O–H groups in total. The molecule has 4 saturated carbocycles. The second-order valence-electron chi connectivity index (χ2n) is 10.1. The van der Waals surface area contributed by atoms with E-state index in [-0.39, 0.29) is 16.9 Å². The van der Waals surface area contributed by atoms with Crippen molar-refractivity contribution in [3.05, 3.63) is 0 Å². The molecule has 0 heterocycles. The maximum absolute atomic E-state index is 12.4. The van der Waals surface area contributed by atoms with Gasteiger partial charge in [-0.15, -0.1) is 0 Å². The van der Waals surface area contributed by atoms with Gasteiger partial charge in [-0.1, -0.05) is 20.8 Å². The van der Waals surface area contributed by atoms with E-state index in [4.69, 9.17) is 0 Å². The van der Waals surface area contributed by atoms with Gasteiger partial charge in [-0.05, 0) is 92.8 Å². The van der Waals surface area contributed by atoms with Crippen LogP contribution in [-0.4, -0.2) is 17.0 Å². The highest BCUT2D eigenvalue weighted by molar-refractivity contribution is 5.83. The van der Waals surface area contributed by atoms with E-state index in [1.165, 1.54) is 32.1 Å². The molecule has 2 heteroatoms. The highest BCUT2D eigenvalue weighted by Crippen LogP contribution is 2.72. The summed E-state index contributed by atoms with van der Waals surface area (Å²) in [5.74, 6) is 3.50. The van der Waals surface area contributed by atoms with E-state index in [1.807, 2.05) is 6.92 Å². The van der Waals surface area contributed by atoms with Crippen molar-refractivity contribution < 1.29 is 9.90 Å². The molecule has 0 aromatic heterocycles. The molecule has 4 aliphatic carbocycles. The molecular formula is C21H34O2. The van der Waals surface area contributed by atoms with Crippen molar-refractivity contribution in [2.75, 3.05) is 0 Å². The summed E-state index contributed by atoms with van der Waals surface area (Å²) in [6.45, 7) is 9.03. The van der Waals surface area contributed by atoms with Gasteiger partial charge in [-0.2, -0.15) is 0 Å². The van der Waals surface area contributed by atoms with Crippen LogP contribution < -0.4 is 0 Å². The third-order valence-corrected chi connectivity index (χ3v) is 9.73. The SMILES string of the molecule is CC(=O)[C@@]1(C)CCC2C3CC4CC(O)CCC4(C)C3CC[C@@]21C. The number of hydrogen-bond donors (Lipinski definition) is 1. The lowest BCUT2D eigenvalue weighted by Gasteiger charge is -2.53. The van der Waals surface area contributed by atoms with Crippen molar-refractivity contribution >= 4 is 5.78 Å². The molecule has 0 aliphatic heterocycles. The Bertz CT molecular complexity index is 528. The van der Waals surface area contributed by atoms with E-state index in [0.717, 1.165) is 37.0 Å². The minimum atomic E-state index is -0.100. The fraction of sp³-hybridized carbons (Fsp3) is 0.952. The summed E-state index contributed by atoms with van der Waals surface area (Å²) in [7, 11) is 0. The zero-order chi connectivity index (χ0) is 16.6. The maximum atomic E-state index is 12.4. The predicted octanol–water partition coefficient (Wildman–Crippen LogP) is 4.60. The van der Waals surface area contributed by atoms with Crippen molar-refractivity contribution in [2.24, 2.45) is 39.9 Å². The van der Waals surface area contributed by atoms with Gasteiger partial charge in [0.15, 0.2) is 0 Å². The average Bonchev–Trinajstić information content (AvgIpc) is 2.92. The largest absolute Gasteiger partial charge is 0.393 e. The van der Waals surface area contributed by atoms with Crippen LogP contribution in [0.2, 0.25) is 0 Å². The third kappa shape index (κ3) is 1.88. The molecule has 0 saturated heterocycles. The summed E-state index contributed by atoms with van der Waals surface area (Å²) in [4.78, 5) is 12.4. The highest BCUT2D eigenvalue weighted by Gasteiger charge is 2.66. The number of aliphatic hydroxyl groups excluding tert-OH is 1. The van der Waals surface area contributed by atoms with Crippen molar-refractivity contribution in [2.45, 2.75) is 85.2 Å². The molecule has 8 atom stereocenters. The fourth-order valence-corrected chi connectivity index (χ4v) is 7.86. The van der Waals surface area contributed by atoms with Gasteiger partial charge in [0.25, 0.3) is 0 Å². The topological polar surface area (TPSA) is 37.3 Å². The van der Waals surface area contributed by atoms with Crippen LogP contribution in [0.3, 0.4) is 0 Å². The lowest BCUT2D eigenvalue weighted by Crippen LogP contribution is -2.49. The van der Waals surface area contributed by atoms with Crippen LogP contribution in [0.25, 0.3) is 0 Å². The number of hydrogen-bond acceptors (Lipinski definition) is 2. The van der Waals surface area contributed by atoms with Crippen molar-refractivity contribution in [1.82, 2.24) is 0 Å². The molecule has 4 rings (SSSR count). The molecule has 0 amide bonds. The Labute approximate surface area is 141 Å². The summed E-state index contributed by atoms with van der Waals surface area (Å²) < 4.78 is 0. The smallest absolute Gasteiger partial charge is 0.136 e. The monoisotopic (exact) mass is 318 g/mol. The zero-order valence-electron chi connectivity index (χ0n) is 15.4. The normalized spacial score (nSPS) is 58.4. The van der Waals surface area contributed by atoms with Crippen LogP contribution in [0.4, 0.5) is 0 Å². The van der Waals surface area contributed by atoms with Crippen molar-refractivity contribution in [3.63, 3.8) is 0 Å². The third-order valence-electron chi connectivity index (χ3n) is 9.73. The van der Waals surface area contributed by atoms with Gasteiger partial charge in [-0.25, -0.2) is 0 Å². The van der Waals surface area contributed by atoms with Gasteiger partial charge in [0.05, 0.1) is 6.10 Å². The quantitative estimate of drug-likeness (QED) is 0.767. The van der Waals surface area contributed by atoms with E-state index >= 15 is 0 Å². The highest BCUT2D eigenvalue weighted by atomic mass is 16.3. The van der Waals surface area contributed by atoms with Gasteiger partial charge >= 0.3 is 0 Å². The average molecular weight is 319 g/mol. The maximum Gasteiger partial charge on any atom is 0.136 e. The zero-order valence-corrected chi connectivity index (χ0v) is 15.4. The van der Waals surface area contributed by atoms with Gasteiger partial charge in [0, 0.05) is 5.41 Å². The van der Waals surface area contributed by atoms with E-state index in [9.17, 15) is 9.90 Å². The molecular weight excluding hydrogens is 284 g/mol. The van der Waals surface area contributed by atoms with Crippen molar-refractivity contribution in [1.29, 1.82) is 0 Å². The Balaban J connectivity index is 1.67. The first-order valence-electron chi connectivity index (χ1n) is 9.91.